The number of hydrogen-bond acceptors (Lipinski definition) is 5. The van der Waals surface area contributed by atoms with Gasteiger partial charge >= 0.3 is 5.82 Å². The van der Waals surface area contributed by atoms with E-state index in [9.17, 15) is 10.1 Å². The molecule has 6 nitrogen and oxygen atoms in total. The summed E-state index contributed by atoms with van der Waals surface area (Å²) >= 11 is 0. The van der Waals surface area contributed by atoms with Gasteiger partial charge in [0.2, 0.25) is 5.75 Å². The van der Waals surface area contributed by atoms with Crippen LogP contribution in [0.3, 0.4) is 0 Å². The molecule has 0 radical (unpaired) electrons. The van der Waals surface area contributed by atoms with Gasteiger partial charge in [-0.15, -0.1) is 0 Å². The molecule has 0 aliphatic heterocycles. The molecule has 1 rings (SSSR count). The number of aromatic nitrogens is 1. The standard InChI is InChI=1S/C7H9N3O3/c1-2-13-6-3-5(8)4-9-7(6)10(11)12/h3-4H,2,8H2,1H3. The van der Waals surface area contributed by atoms with Crippen LogP contribution >= 0.6 is 0 Å². The molecule has 0 saturated carbocycles. The van der Waals surface area contributed by atoms with Crippen LogP contribution in [0.4, 0.5) is 11.5 Å². The number of nitrogen functional groups attached to an aromatic ring is 1. The largest absolute Gasteiger partial charge is 0.486 e. The molecule has 6 heteroatoms. The van der Waals surface area contributed by atoms with Crippen LogP contribution in [0.25, 0.3) is 0 Å². The summed E-state index contributed by atoms with van der Waals surface area (Å²) in [5.41, 5.74) is 5.73. The Bertz CT molecular complexity index is 327. The van der Waals surface area contributed by atoms with E-state index in [0.29, 0.717) is 12.3 Å². The summed E-state index contributed by atoms with van der Waals surface area (Å²) in [7, 11) is 0. The van der Waals surface area contributed by atoms with Gasteiger partial charge in [-0.2, -0.15) is 0 Å². The van der Waals surface area contributed by atoms with E-state index in [2.05, 4.69) is 4.98 Å². The summed E-state index contributed by atoms with van der Waals surface area (Å²) in [6, 6.07) is 1.38. The minimum Gasteiger partial charge on any atom is -0.486 e. The number of pyridine rings is 1. The first-order valence-corrected chi connectivity index (χ1v) is 3.68. The van der Waals surface area contributed by atoms with Gasteiger partial charge in [0.1, 0.15) is 0 Å². The molecule has 0 aromatic carbocycles. The predicted octanol–water partition coefficient (Wildman–Crippen LogP) is 0.971. The van der Waals surface area contributed by atoms with Crippen molar-refractivity contribution < 1.29 is 9.66 Å². The lowest BCUT2D eigenvalue weighted by Crippen LogP contribution is -2.00. The van der Waals surface area contributed by atoms with Gasteiger partial charge in [0.25, 0.3) is 0 Å². The van der Waals surface area contributed by atoms with E-state index in [0.717, 1.165) is 0 Å². The van der Waals surface area contributed by atoms with Gasteiger partial charge in [-0.05, 0) is 16.8 Å². The zero-order valence-electron chi connectivity index (χ0n) is 7.06. The van der Waals surface area contributed by atoms with E-state index in [1.165, 1.54) is 12.3 Å². The molecule has 1 heterocycles. The molecular formula is C7H9N3O3. The van der Waals surface area contributed by atoms with Crippen LogP contribution in [0.1, 0.15) is 6.92 Å². The fourth-order valence-corrected chi connectivity index (χ4v) is 0.851. The Kier molecular flexibility index (Phi) is 2.63. The van der Waals surface area contributed by atoms with Crippen LogP contribution in [-0.4, -0.2) is 16.5 Å². The van der Waals surface area contributed by atoms with Crippen molar-refractivity contribution in [2.24, 2.45) is 0 Å². The van der Waals surface area contributed by atoms with Crippen LogP contribution in [0.15, 0.2) is 12.3 Å². The molecule has 0 bridgehead atoms. The van der Waals surface area contributed by atoms with E-state index < -0.39 is 4.92 Å². The van der Waals surface area contributed by atoms with Crippen LogP contribution in [0.5, 0.6) is 5.75 Å². The molecule has 70 valence electrons. The number of anilines is 1. The topological polar surface area (TPSA) is 91.3 Å². The molecule has 0 spiro atoms. The fraction of sp³-hybridized carbons (Fsp3) is 0.286. The Morgan fingerprint density at radius 3 is 3.00 bits per heavy atom. The molecular weight excluding hydrogens is 174 g/mol. The minimum atomic E-state index is -0.607. The maximum atomic E-state index is 10.4. The molecule has 13 heavy (non-hydrogen) atoms. The molecule has 0 fully saturated rings. The third kappa shape index (κ3) is 2.05. The number of nitrogens with two attached hydrogens (primary N) is 1. The number of hydrogen-bond donors (Lipinski definition) is 1. The van der Waals surface area contributed by atoms with Crippen LogP contribution in [0, 0.1) is 10.1 Å². The highest BCUT2D eigenvalue weighted by Gasteiger charge is 2.16. The van der Waals surface area contributed by atoms with Crippen molar-refractivity contribution in [3.8, 4) is 5.75 Å². The smallest absolute Gasteiger partial charge is 0.406 e. The van der Waals surface area contributed by atoms with Crippen molar-refractivity contribution in [2.45, 2.75) is 6.92 Å². The highest BCUT2D eigenvalue weighted by atomic mass is 16.6. The second-order valence-electron chi connectivity index (χ2n) is 2.28. The highest BCUT2D eigenvalue weighted by Crippen LogP contribution is 2.25. The van der Waals surface area contributed by atoms with Gasteiger partial charge in [0.15, 0.2) is 6.20 Å². The number of nitro groups is 1. The summed E-state index contributed by atoms with van der Waals surface area (Å²) in [6.45, 7) is 2.07. The average Bonchev–Trinajstić information content (AvgIpc) is 2.04. The van der Waals surface area contributed by atoms with Crippen molar-refractivity contribution in [1.29, 1.82) is 0 Å². The van der Waals surface area contributed by atoms with Crippen LogP contribution in [-0.2, 0) is 0 Å². The number of nitrogens with zero attached hydrogens (tertiary/aromatic N) is 2. The maximum absolute atomic E-state index is 10.4. The van der Waals surface area contributed by atoms with Gasteiger partial charge in [-0.1, -0.05) is 0 Å². The fourth-order valence-electron chi connectivity index (χ4n) is 0.851. The first kappa shape index (κ1) is 9.24. The summed E-state index contributed by atoms with van der Waals surface area (Å²) in [5.74, 6) is -0.205. The molecule has 0 aliphatic carbocycles. The van der Waals surface area contributed by atoms with Crippen LogP contribution in [0.2, 0.25) is 0 Å². The van der Waals surface area contributed by atoms with Crippen LogP contribution < -0.4 is 10.5 Å². The molecule has 2 N–H and O–H groups in total. The van der Waals surface area contributed by atoms with Crippen molar-refractivity contribution in [3.63, 3.8) is 0 Å². The quantitative estimate of drug-likeness (QED) is 0.556. The zero-order chi connectivity index (χ0) is 9.84. The lowest BCUT2D eigenvalue weighted by atomic mass is 10.4. The van der Waals surface area contributed by atoms with Gasteiger partial charge < -0.3 is 20.6 Å². The highest BCUT2D eigenvalue weighted by molar-refractivity contribution is 5.49. The molecule has 0 unspecified atom stereocenters. The Labute approximate surface area is 74.5 Å². The molecule has 0 atom stereocenters. The normalized spacial score (nSPS) is 9.62. The molecule has 0 aliphatic rings. The second kappa shape index (κ2) is 3.70. The van der Waals surface area contributed by atoms with Gasteiger partial charge in [-0.3, -0.25) is 0 Å². The number of ether oxygens (including phenoxy) is 1. The lowest BCUT2D eigenvalue weighted by molar-refractivity contribution is -0.390. The number of rotatable bonds is 3. The molecule has 1 aromatic heterocycles. The summed E-state index contributed by atoms with van der Waals surface area (Å²) < 4.78 is 4.99. The Morgan fingerprint density at radius 1 is 1.77 bits per heavy atom. The van der Waals surface area contributed by atoms with Crippen molar-refractivity contribution >= 4 is 11.5 Å². The summed E-state index contributed by atoms with van der Waals surface area (Å²) in [6.07, 6.45) is 1.22. The third-order valence-corrected chi connectivity index (χ3v) is 1.33. The molecule has 0 saturated heterocycles. The third-order valence-electron chi connectivity index (χ3n) is 1.33. The van der Waals surface area contributed by atoms with E-state index in [4.69, 9.17) is 10.5 Å². The first-order valence-electron chi connectivity index (χ1n) is 3.68. The van der Waals surface area contributed by atoms with Gasteiger partial charge in [0, 0.05) is 6.07 Å². The van der Waals surface area contributed by atoms with E-state index in [1.807, 2.05) is 0 Å². The Balaban J connectivity index is 3.10. The predicted molar refractivity (Wildman–Crippen MR) is 46.5 cm³/mol. The van der Waals surface area contributed by atoms with E-state index >= 15 is 0 Å². The average molecular weight is 183 g/mol. The van der Waals surface area contributed by atoms with Gasteiger partial charge in [0.05, 0.1) is 12.3 Å². The second-order valence-corrected chi connectivity index (χ2v) is 2.28. The Hall–Kier alpha value is -1.85. The van der Waals surface area contributed by atoms with E-state index in [-0.39, 0.29) is 11.6 Å². The maximum Gasteiger partial charge on any atom is 0.406 e. The SMILES string of the molecule is CCOc1cc(N)cnc1[N+](=O)[O-]. The summed E-state index contributed by atoms with van der Waals surface area (Å²) in [4.78, 5) is 13.4. The first-order chi connectivity index (χ1) is 6.15. The van der Waals surface area contributed by atoms with Crippen molar-refractivity contribution in [1.82, 2.24) is 4.98 Å². The van der Waals surface area contributed by atoms with Crippen molar-refractivity contribution in [2.75, 3.05) is 12.3 Å². The lowest BCUT2D eigenvalue weighted by Gasteiger charge is -2.02. The molecule has 1 aromatic rings. The van der Waals surface area contributed by atoms with Crippen molar-refractivity contribution in [3.05, 3.63) is 22.4 Å². The monoisotopic (exact) mass is 183 g/mol. The summed E-state index contributed by atoms with van der Waals surface area (Å²) in [5, 5.41) is 10.4. The zero-order valence-corrected chi connectivity index (χ0v) is 7.06. The minimum absolute atomic E-state index is 0.104. The Morgan fingerprint density at radius 2 is 2.46 bits per heavy atom. The van der Waals surface area contributed by atoms with E-state index in [1.54, 1.807) is 6.92 Å². The van der Waals surface area contributed by atoms with Gasteiger partial charge in [-0.25, -0.2) is 0 Å². The molecule has 0 amide bonds.